The average molecular weight is 298 g/mol. The molecule has 0 saturated heterocycles. The van der Waals surface area contributed by atoms with Crippen molar-refractivity contribution in [3.63, 3.8) is 0 Å². The summed E-state index contributed by atoms with van der Waals surface area (Å²) < 4.78 is 0. The Morgan fingerprint density at radius 3 is 2.64 bits per heavy atom. The van der Waals surface area contributed by atoms with E-state index in [-0.39, 0.29) is 11.9 Å². The van der Waals surface area contributed by atoms with Crippen molar-refractivity contribution in [2.45, 2.75) is 33.2 Å². The van der Waals surface area contributed by atoms with E-state index in [0.717, 1.165) is 12.1 Å². The van der Waals surface area contributed by atoms with Gasteiger partial charge in [0.15, 0.2) is 0 Å². The van der Waals surface area contributed by atoms with Gasteiger partial charge in [0.1, 0.15) is 5.82 Å². The highest BCUT2D eigenvalue weighted by molar-refractivity contribution is 5.94. The molecule has 2 aromatic rings. The van der Waals surface area contributed by atoms with E-state index in [4.69, 9.17) is 0 Å². The topological polar surface area (TPSA) is 66.9 Å². The Labute approximate surface area is 131 Å². The predicted octanol–water partition coefficient (Wildman–Crippen LogP) is 3.10. The number of nitrogens with zero attached hydrogens (tertiary/aromatic N) is 2. The first-order valence-corrected chi connectivity index (χ1v) is 7.57. The first-order chi connectivity index (χ1) is 10.6. The monoisotopic (exact) mass is 298 g/mol. The van der Waals surface area contributed by atoms with Crippen molar-refractivity contribution in [3.05, 3.63) is 53.5 Å². The number of hydrogen-bond donors (Lipinski definition) is 2. The molecule has 1 atom stereocenters. The summed E-state index contributed by atoms with van der Waals surface area (Å²) in [5.41, 5.74) is 2.76. The van der Waals surface area contributed by atoms with Crippen LogP contribution in [0.5, 0.6) is 0 Å². The fourth-order valence-electron chi connectivity index (χ4n) is 2.23. The van der Waals surface area contributed by atoms with Crippen molar-refractivity contribution in [1.29, 1.82) is 0 Å². The smallest absolute Gasteiger partial charge is 0.251 e. The third-order valence-electron chi connectivity index (χ3n) is 3.38. The van der Waals surface area contributed by atoms with Crippen molar-refractivity contribution in [2.24, 2.45) is 0 Å². The van der Waals surface area contributed by atoms with Crippen molar-refractivity contribution >= 4 is 11.7 Å². The van der Waals surface area contributed by atoms with E-state index in [1.807, 2.05) is 26.1 Å². The van der Waals surface area contributed by atoms with Crippen LogP contribution in [0.3, 0.4) is 0 Å². The number of pyridine rings is 2. The standard InChI is InChI=1S/C17H22N4O/c1-4-14(15-10-12(3)6-8-19-15)21-16-11-13(7-9-20-16)17(22)18-5-2/h6-11,14H,4-5H2,1-3H3,(H,18,22)(H,20,21). The Morgan fingerprint density at radius 2 is 1.95 bits per heavy atom. The van der Waals surface area contributed by atoms with Crippen molar-refractivity contribution in [3.8, 4) is 0 Å². The summed E-state index contributed by atoms with van der Waals surface area (Å²) in [7, 11) is 0. The molecule has 22 heavy (non-hydrogen) atoms. The molecule has 0 aliphatic carbocycles. The lowest BCUT2D eigenvalue weighted by Crippen LogP contribution is -2.23. The molecule has 5 nitrogen and oxygen atoms in total. The van der Waals surface area contributed by atoms with Gasteiger partial charge >= 0.3 is 0 Å². The molecule has 1 unspecified atom stereocenters. The summed E-state index contributed by atoms with van der Waals surface area (Å²) in [4.78, 5) is 20.6. The molecule has 0 spiro atoms. The third kappa shape index (κ3) is 4.04. The fraction of sp³-hybridized carbons (Fsp3) is 0.353. The van der Waals surface area contributed by atoms with Crippen LogP contribution in [-0.4, -0.2) is 22.4 Å². The van der Waals surface area contributed by atoms with E-state index in [0.29, 0.717) is 17.9 Å². The summed E-state index contributed by atoms with van der Waals surface area (Å²) >= 11 is 0. The van der Waals surface area contributed by atoms with E-state index < -0.39 is 0 Å². The van der Waals surface area contributed by atoms with Gasteiger partial charge in [-0.15, -0.1) is 0 Å². The van der Waals surface area contributed by atoms with Crippen LogP contribution in [0.15, 0.2) is 36.7 Å². The Hall–Kier alpha value is -2.43. The molecule has 0 fully saturated rings. The minimum absolute atomic E-state index is 0.0666. The Balaban J connectivity index is 2.18. The van der Waals surface area contributed by atoms with Gasteiger partial charge in [-0.25, -0.2) is 4.98 Å². The second-order valence-corrected chi connectivity index (χ2v) is 5.15. The van der Waals surface area contributed by atoms with Gasteiger partial charge in [0.25, 0.3) is 5.91 Å². The molecular weight excluding hydrogens is 276 g/mol. The molecule has 5 heteroatoms. The second-order valence-electron chi connectivity index (χ2n) is 5.15. The zero-order chi connectivity index (χ0) is 15.9. The van der Waals surface area contributed by atoms with Crippen LogP contribution in [0.25, 0.3) is 0 Å². The zero-order valence-corrected chi connectivity index (χ0v) is 13.3. The van der Waals surface area contributed by atoms with E-state index in [1.165, 1.54) is 5.56 Å². The van der Waals surface area contributed by atoms with Gasteiger partial charge in [-0.2, -0.15) is 0 Å². The Bertz CT molecular complexity index is 642. The summed E-state index contributed by atoms with van der Waals surface area (Å²) in [6, 6.07) is 7.58. The molecule has 2 N–H and O–H groups in total. The highest BCUT2D eigenvalue weighted by Gasteiger charge is 2.13. The molecule has 2 heterocycles. The van der Waals surface area contributed by atoms with Gasteiger partial charge in [0, 0.05) is 24.5 Å². The number of anilines is 1. The maximum atomic E-state index is 11.9. The van der Waals surface area contributed by atoms with Gasteiger partial charge in [-0.05, 0) is 50.1 Å². The molecule has 2 aromatic heterocycles. The van der Waals surface area contributed by atoms with E-state index in [2.05, 4.69) is 33.6 Å². The van der Waals surface area contributed by atoms with Gasteiger partial charge in [-0.3, -0.25) is 9.78 Å². The quantitative estimate of drug-likeness (QED) is 0.860. The van der Waals surface area contributed by atoms with Crippen molar-refractivity contribution in [2.75, 3.05) is 11.9 Å². The maximum Gasteiger partial charge on any atom is 0.251 e. The van der Waals surface area contributed by atoms with Crippen LogP contribution in [0.4, 0.5) is 5.82 Å². The van der Waals surface area contributed by atoms with Crippen LogP contribution < -0.4 is 10.6 Å². The van der Waals surface area contributed by atoms with Gasteiger partial charge in [-0.1, -0.05) is 6.92 Å². The maximum absolute atomic E-state index is 11.9. The number of carbonyl (C=O) groups is 1. The molecule has 0 bridgehead atoms. The van der Waals surface area contributed by atoms with Crippen LogP contribution in [0.2, 0.25) is 0 Å². The fourth-order valence-corrected chi connectivity index (χ4v) is 2.23. The summed E-state index contributed by atoms with van der Waals surface area (Å²) in [6.07, 6.45) is 4.33. The number of carbonyl (C=O) groups excluding carboxylic acids is 1. The van der Waals surface area contributed by atoms with E-state index in [9.17, 15) is 4.79 Å². The molecule has 0 aliphatic heterocycles. The number of aryl methyl sites for hydroxylation is 1. The van der Waals surface area contributed by atoms with Gasteiger partial charge in [0.2, 0.25) is 0 Å². The lowest BCUT2D eigenvalue weighted by Gasteiger charge is -2.18. The van der Waals surface area contributed by atoms with Crippen LogP contribution in [0.1, 0.15) is 47.9 Å². The molecule has 0 saturated carbocycles. The van der Waals surface area contributed by atoms with E-state index in [1.54, 1.807) is 18.3 Å². The first-order valence-electron chi connectivity index (χ1n) is 7.57. The molecule has 0 radical (unpaired) electrons. The lowest BCUT2D eigenvalue weighted by atomic mass is 10.1. The minimum Gasteiger partial charge on any atom is -0.362 e. The van der Waals surface area contributed by atoms with Crippen molar-refractivity contribution < 1.29 is 4.79 Å². The number of hydrogen-bond acceptors (Lipinski definition) is 4. The third-order valence-corrected chi connectivity index (χ3v) is 3.38. The van der Waals surface area contributed by atoms with Crippen LogP contribution >= 0.6 is 0 Å². The summed E-state index contributed by atoms with van der Waals surface area (Å²) in [6.45, 7) is 6.64. The van der Waals surface area contributed by atoms with Crippen LogP contribution in [0, 0.1) is 6.92 Å². The molecule has 0 aromatic carbocycles. The average Bonchev–Trinajstić information content (AvgIpc) is 2.53. The summed E-state index contributed by atoms with van der Waals surface area (Å²) in [5.74, 6) is 0.591. The molecule has 1 amide bonds. The predicted molar refractivity (Wildman–Crippen MR) is 87.9 cm³/mol. The van der Waals surface area contributed by atoms with Crippen LogP contribution in [-0.2, 0) is 0 Å². The van der Waals surface area contributed by atoms with Gasteiger partial charge in [0.05, 0.1) is 11.7 Å². The number of aromatic nitrogens is 2. The SMILES string of the molecule is CCNC(=O)c1ccnc(NC(CC)c2cc(C)ccn2)c1. The highest BCUT2D eigenvalue weighted by atomic mass is 16.1. The molecule has 116 valence electrons. The van der Waals surface area contributed by atoms with Crippen molar-refractivity contribution in [1.82, 2.24) is 15.3 Å². The largest absolute Gasteiger partial charge is 0.362 e. The lowest BCUT2D eigenvalue weighted by molar-refractivity contribution is 0.0956. The van der Waals surface area contributed by atoms with E-state index >= 15 is 0 Å². The van der Waals surface area contributed by atoms with Gasteiger partial charge < -0.3 is 10.6 Å². The minimum atomic E-state index is -0.0883. The number of amides is 1. The molecule has 2 rings (SSSR count). The number of rotatable bonds is 6. The normalized spacial score (nSPS) is 11.8. The highest BCUT2D eigenvalue weighted by Crippen LogP contribution is 2.20. The number of nitrogens with one attached hydrogen (secondary N) is 2. The molecular formula is C17H22N4O. The summed E-state index contributed by atoms with van der Waals surface area (Å²) in [5, 5.41) is 6.14. The molecule has 0 aliphatic rings. The Morgan fingerprint density at radius 1 is 1.18 bits per heavy atom. The first kappa shape index (κ1) is 15.9. The Kier molecular flexibility index (Phi) is 5.47. The second kappa shape index (κ2) is 7.54. The zero-order valence-electron chi connectivity index (χ0n) is 13.3.